The van der Waals surface area contributed by atoms with Crippen molar-refractivity contribution in [1.82, 2.24) is 15.2 Å². The fraction of sp³-hybridized carbons (Fsp3) is 0.467. The zero-order valence-corrected chi connectivity index (χ0v) is 14.2. The molecule has 0 saturated carbocycles. The topological polar surface area (TPSA) is 105 Å². The largest absolute Gasteiger partial charge is 0.450 e. The van der Waals surface area contributed by atoms with Crippen molar-refractivity contribution in [1.29, 1.82) is 0 Å². The molecular weight excluding hydrogens is 334 g/mol. The van der Waals surface area contributed by atoms with Crippen LogP contribution in [0.3, 0.4) is 0 Å². The lowest BCUT2D eigenvalue weighted by Crippen LogP contribution is -2.50. The summed E-state index contributed by atoms with van der Waals surface area (Å²) in [6, 6.07) is 7.74. The van der Waals surface area contributed by atoms with Crippen molar-refractivity contribution < 1.29 is 22.7 Å². The summed E-state index contributed by atoms with van der Waals surface area (Å²) < 4.78 is 29.1. The van der Waals surface area contributed by atoms with E-state index in [2.05, 4.69) is 10.3 Å². The number of ether oxygens (including phenoxy) is 1. The molecule has 2 rings (SSSR count). The van der Waals surface area contributed by atoms with Gasteiger partial charge in [-0.25, -0.2) is 13.2 Å². The number of piperidine rings is 1. The van der Waals surface area contributed by atoms with Gasteiger partial charge in [0.2, 0.25) is 5.91 Å². The third-order valence-electron chi connectivity index (χ3n) is 3.68. The van der Waals surface area contributed by atoms with Crippen LogP contribution >= 0.6 is 0 Å². The molecule has 0 bridgehead atoms. The molecule has 1 fully saturated rings. The van der Waals surface area contributed by atoms with Crippen LogP contribution in [0.4, 0.5) is 4.79 Å². The summed E-state index contributed by atoms with van der Waals surface area (Å²) >= 11 is 0. The molecule has 0 aliphatic carbocycles. The molecule has 2 N–H and O–H groups in total. The summed E-state index contributed by atoms with van der Waals surface area (Å²) in [5.41, 5.74) is 2.23. The predicted octanol–water partition coefficient (Wildman–Crippen LogP) is 0.865. The zero-order chi connectivity index (χ0) is 17.6. The molecule has 0 aromatic heterocycles. The van der Waals surface area contributed by atoms with Crippen LogP contribution in [0.15, 0.2) is 35.2 Å². The molecule has 0 unspecified atom stereocenters. The molecule has 0 radical (unpaired) electrons. The average Bonchev–Trinajstić information content (AvgIpc) is 2.61. The minimum atomic E-state index is -3.82. The summed E-state index contributed by atoms with van der Waals surface area (Å²) in [5.74, 6) is -0.954. The fourth-order valence-corrected chi connectivity index (χ4v) is 3.32. The number of amides is 2. The lowest BCUT2D eigenvalue weighted by molar-refractivity contribution is -0.126. The molecule has 1 saturated heterocycles. The predicted molar refractivity (Wildman–Crippen MR) is 86.2 cm³/mol. The molecule has 9 heteroatoms. The van der Waals surface area contributed by atoms with Gasteiger partial charge in [0.25, 0.3) is 10.0 Å². The van der Waals surface area contributed by atoms with Gasteiger partial charge in [-0.2, -0.15) is 0 Å². The highest BCUT2D eigenvalue weighted by Gasteiger charge is 2.29. The minimum absolute atomic E-state index is 0.0575. The summed E-state index contributed by atoms with van der Waals surface area (Å²) in [6.45, 7) is 2.71. The van der Waals surface area contributed by atoms with E-state index in [1.165, 1.54) is 17.0 Å². The Morgan fingerprint density at radius 3 is 2.67 bits per heavy atom. The molecule has 1 aromatic rings. The van der Waals surface area contributed by atoms with Gasteiger partial charge < -0.3 is 9.64 Å². The molecule has 1 heterocycles. The van der Waals surface area contributed by atoms with Gasteiger partial charge in [0.1, 0.15) is 0 Å². The van der Waals surface area contributed by atoms with Gasteiger partial charge in [0, 0.05) is 13.1 Å². The van der Waals surface area contributed by atoms with Crippen LogP contribution < -0.4 is 10.3 Å². The molecule has 1 aromatic carbocycles. The van der Waals surface area contributed by atoms with Crippen LogP contribution in [0, 0.1) is 5.92 Å². The Kier molecular flexibility index (Phi) is 6.16. The molecule has 2 amide bonds. The first-order valence-corrected chi connectivity index (χ1v) is 9.20. The first kappa shape index (κ1) is 18.2. The van der Waals surface area contributed by atoms with E-state index in [0.717, 1.165) is 0 Å². The maximum Gasteiger partial charge on any atom is 0.409 e. The summed E-state index contributed by atoms with van der Waals surface area (Å²) in [7, 11) is -3.82. The average molecular weight is 355 g/mol. The molecule has 0 spiro atoms. The third-order valence-corrected chi connectivity index (χ3v) is 4.94. The van der Waals surface area contributed by atoms with Crippen molar-refractivity contribution in [3.63, 3.8) is 0 Å². The van der Waals surface area contributed by atoms with Crippen molar-refractivity contribution in [3.8, 4) is 0 Å². The second-order valence-electron chi connectivity index (χ2n) is 5.39. The summed E-state index contributed by atoms with van der Waals surface area (Å²) in [4.78, 5) is 27.5. The summed E-state index contributed by atoms with van der Waals surface area (Å²) in [5, 5.41) is 0. The Morgan fingerprint density at radius 2 is 2.00 bits per heavy atom. The van der Waals surface area contributed by atoms with Crippen LogP contribution in [-0.2, 0) is 19.6 Å². The Labute approximate surface area is 141 Å². The number of nitrogens with one attached hydrogen (secondary N) is 2. The van der Waals surface area contributed by atoms with Crippen LogP contribution in [0.25, 0.3) is 0 Å². The number of nitrogens with zero attached hydrogens (tertiary/aromatic N) is 1. The van der Waals surface area contributed by atoms with E-state index in [0.29, 0.717) is 19.4 Å². The van der Waals surface area contributed by atoms with Crippen LogP contribution in [0.2, 0.25) is 0 Å². The molecule has 1 aliphatic rings. The maximum atomic E-state index is 12.2. The quantitative estimate of drug-likeness (QED) is 0.763. The molecular formula is C15H21N3O5S. The van der Waals surface area contributed by atoms with Crippen molar-refractivity contribution in [2.75, 3.05) is 19.7 Å². The maximum absolute atomic E-state index is 12.2. The van der Waals surface area contributed by atoms with Crippen LogP contribution in [-0.4, -0.2) is 45.0 Å². The first-order valence-electron chi connectivity index (χ1n) is 7.72. The lowest BCUT2D eigenvalue weighted by Gasteiger charge is -2.31. The normalized spacial score (nSPS) is 18.0. The van der Waals surface area contributed by atoms with E-state index >= 15 is 0 Å². The van der Waals surface area contributed by atoms with E-state index in [1.54, 1.807) is 25.1 Å². The summed E-state index contributed by atoms with van der Waals surface area (Å²) in [6.07, 6.45) is 0.775. The molecule has 8 nitrogen and oxygen atoms in total. The van der Waals surface area contributed by atoms with Gasteiger partial charge in [-0.3, -0.25) is 10.2 Å². The highest BCUT2D eigenvalue weighted by Crippen LogP contribution is 2.17. The third kappa shape index (κ3) is 4.68. The first-order chi connectivity index (χ1) is 11.4. The molecule has 1 atom stereocenters. The Bertz CT molecular complexity index is 678. The molecule has 132 valence electrons. The fourth-order valence-electron chi connectivity index (χ4n) is 2.45. The lowest BCUT2D eigenvalue weighted by atomic mass is 9.98. The minimum Gasteiger partial charge on any atom is -0.450 e. The van der Waals surface area contributed by atoms with E-state index in [1.807, 2.05) is 0 Å². The monoisotopic (exact) mass is 355 g/mol. The van der Waals surface area contributed by atoms with E-state index in [4.69, 9.17) is 4.74 Å². The van der Waals surface area contributed by atoms with Crippen LogP contribution in [0.5, 0.6) is 0 Å². The smallest absolute Gasteiger partial charge is 0.409 e. The Hall–Kier alpha value is -2.13. The number of hydrazine groups is 1. The van der Waals surface area contributed by atoms with Crippen molar-refractivity contribution in [2.45, 2.75) is 24.7 Å². The Balaban J connectivity index is 1.91. The number of benzene rings is 1. The number of carbonyl (C=O) groups excluding carboxylic acids is 2. The number of carbonyl (C=O) groups is 2. The number of sulfonamides is 1. The highest BCUT2D eigenvalue weighted by molar-refractivity contribution is 7.89. The van der Waals surface area contributed by atoms with Crippen LogP contribution in [0.1, 0.15) is 19.8 Å². The van der Waals surface area contributed by atoms with Gasteiger partial charge >= 0.3 is 6.09 Å². The number of rotatable bonds is 5. The standard InChI is InChI=1S/C15H21N3O5S/c1-2-23-15(20)18-10-6-7-12(11-18)14(19)16-17-24(21,22)13-8-4-3-5-9-13/h3-5,8-9,12,17H,2,6-7,10-11H2,1H3,(H,16,19)/t12-/m1/s1. The second kappa shape index (κ2) is 8.11. The van der Waals surface area contributed by atoms with E-state index < -0.39 is 27.9 Å². The van der Waals surface area contributed by atoms with Crippen molar-refractivity contribution in [3.05, 3.63) is 30.3 Å². The second-order valence-corrected chi connectivity index (χ2v) is 7.07. The zero-order valence-electron chi connectivity index (χ0n) is 13.4. The van der Waals surface area contributed by atoms with Gasteiger partial charge in [-0.1, -0.05) is 18.2 Å². The number of hydrogen-bond donors (Lipinski definition) is 2. The van der Waals surface area contributed by atoms with Gasteiger partial charge in [-0.05, 0) is 31.9 Å². The molecule has 1 aliphatic heterocycles. The van der Waals surface area contributed by atoms with Crippen molar-refractivity contribution in [2.24, 2.45) is 5.92 Å². The van der Waals surface area contributed by atoms with Gasteiger partial charge in [0.15, 0.2) is 0 Å². The van der Waals surface area contributed by atoms with E-state index in [9.17, 15) is 18.0 Å². The number of hydrogen-bond acceptors (Lipinski definition) is 5. The van der Waals surface area contributed by atoms with Gasteiger partial charge in [0.05, 0.1) is 17.4 Å². The molecule has 24 heavy (non-hydrogen) atoms. The van der Waals surface area contributed by atoms with Crippen molar-refractivity contribution >= 4 is 22.0 Å². The number of likely N-dealkylation sites (tertiary alicyclic amines) is 1. The Morgan fingerprint density at radius 1 is 1.29 bits per heavy atom. The highest BCUT2D eigenvalue weighted by atomic mass is 32.2. The van der Waals surface area contributed by atoms with E-state index in [-0.39, 0.29) is 18.0 Å². The SMILES string of the molecule is CCOC(=O)N1CCC[C@@H](C(=O)NNS(=O)(=O)c2ccccc2)C1. The van der Waals surface area contributed by atoms with Gasteiger partial charge in [-0.15, -0.1) is 4.83 Å².